The van der Waals surface area contributed by atoms with E-state index in [-0.39, 0.29) is 0 Å². The molecule has 0 amide bonds. The summed E-state index contributed by atoms with van der Waals surface area (Å²) in [6.45, 7) is 0. The van der Waals surface area contributed by atoms with Crippen molar-refractivity contribution in [3.63, 3.8) is 0 Å². The summed E-state index contributed by atoms with van der Waals surface area (Å²) < 4.78 is 0. The maximum Gasteiger partial charge on any atom is 0.160 e. The lowest BCUT2D eigenvalue weighted by atomic mass is 9.87. The third kappa shape index (κ3) is 4.70. The van der Waals surface area contributed by atoms with Crippen molar-refractivity contribution in [1.82, 2.24) is 9.97 Å². The molecule has 1 heterocycles. The van der Waals surface area contributed by atoms with Crippen LogP contribution in [0.4, 0.5) is 0 Å². The van der Waals surface area contributed by atoms with Crippen molar-refractivity contribution in [3.8, 4) is 57.0 Å². The van der Waals surface area contributed by atoms with Crippen molar-refractivity contribution >= 4 is 27.8 Å². The van der Waals surface area contributed by atoms with Crippen molar-refractivity contribution in [3.05, 3.63) is 150 Å². The van der Waals surface area contributed by atoms with Crippen LogP contribution in [0.15, 0.2) is 127 Å². The monoisotopic (exact) mass is 586 g/mol. The van der Waals surface area contributed by atoms with Gasteiger partial charge in [-0.15, -0.1) is 0 Å². The van der Waals surface area contributed by atoms with E-state index >= 15 is 0 Å². The van der Waals surface area contributed by atoms with Gasteiger partial charge in [0.15, 0.2) is 5.82 Å². The summed E-state index contributed by atoms with van der Waals surface area (Å²) in [4.78, 5) is 10.4. The lowest BCUT2D eigenvalue weighted by molar-refractivity contribution is 0.986. The summed E-state index contributed by atoms with van der Waals surface area (Å²) >= 11 is 0. The molecule has 0 N–H and O–H groups in total. The zero-order chi connectivity index (χ0) is 31.0. The normalized spacial score (nSPS) is 12.0. The Morgan fingerprint density at radius 3 is 2.13 bits per heavy atom. The van der Waals surface area contributed by atoms with E-state index < -0.39 is 0 Å². The largest absolute Gasteiger partial charge is 0.227 e. The van der Waals surface area contributed by atoms with Crippen LogP contribution < -0.4 is 0 Å². The molecular formula is C42H26N4. The van der Waals surface area contributed by atoms with E-state index in [1.54, 1.807) is 12.1 Å². The molecule has 0 saturated carbocycles. The Morgan fingerprint density at radius 1 is 0.565 bits per heavy atom. The van der Waals surface area contributed by atoms with Crippen LogP contribution in [0.1, 0.15) is 28.7 Å². The van der Waals surface area contributed by atoms with Gasteiger partial charge in [0.25, 0.3) is 0 Å². The van der Waals surface area contributed by atoms with Gasteiger partial charge in [-0.2, -0.15) is 10.5 Å². The number of hydrogen-bond donors (Lipinski definition) is 0. The molecule has 46 heavy (non-hydrogen) atoms. The molecule has 0 aliphatic heterocycles. The Morgan fingerprint density at radius 2 is 1.28 bits per heavy atom. The minimum absolute atomic E-state index is 0.524. The molecule has 4 nitrogen and oxygen atoms in total. The van der Waals surface area contributed by atoms with Gasteiger partial charge in [-0.25, -0.2) is 9.97 Å². The molecule has 0 radical (unpaired) electrons. The molecule has 4 heteroatoms. The molecule has 0 saturated heterocycles. The summed E-state index contributed by atoms with van der Waals surface area (Å²) in [6, 6.07) is 45.4. The van der Waals surface area contributed by atoms with E-state index in [9.17, 15) is 10.5 Å². The smallest absolute Gasteiger partial charge is 0.160 e. The number of aromatic nitrogens is 2. The van der Waals surface area contributed by atoms with Crippen LogP contribution in [0.3, 0.4) is 0 Å². The Balaban J connectivity index is 1.53. The fourth-order valence-electron chi connectivity index (χ4n) is 6.59. The van der Waals surface area contributed by atoms with Gasteiger partial charge in [0.2, 0.25) is 0 Å². The zero-order valence-corrected chi connectivity index (χ0v) is 24.9. The average Bonchev–Trinajstić information content (AvgIpc) is 3.13. The number of nitriles is 2. The van der Waals surface area contributed by atoms with Crippen molar-refractivity contribution in [2.75, 3.05) is 0 Å². The highest BCUT2D eigenvalue weighted by molar-refractivity contribution is 6.09. The summed E-state index contributed by atoms with van der Waals surface area (Å²) in [5.74, 6) is 0.524. The van der Waals surface area contributed by atoms with Crippen LogP contribution in [0, 0.1) is 22.7 Å². The number of nitrogens with zero attached hydrogens (tertiary/aromatic N) is 4. The molecule has 0 bridgehead atoms. The zero-order valence-electron chi connectivity index (χ0n) is 24.9. The number of hydrogen-bond acceptors (Lipinski definition) is 4. The lowest BCUT2D eigenvalue weighted by Crippen LogP contribution is -2.00. The SMILES string of the molecule is N#Cc1cccc(-c2nc(-c3cccc(C#N)c3)c3cc(-c4cccc5c4C=CCC5)cc(-c4cccc5ccccc45)c3n2)c1. The summed E-state index contributed by atoms with van der Waals surface area (Å²) in [5.41, 5.74) is 11.2. The van der Waals surface area contributed by atoms with Crippen LogP contribution in [0.5, 0.6) is 0 Å². The number of aryl methyl sites for hydroxylation is 1. The van der Waals surface area contributed by atoms with Crippen LogP contribution in [-0.4, -0.2) is 9.97 Å². The Labute approximate surface area is 267 Å². The van der Waals surface area contributed by atoms with Crippen LogP contribution in [-0.2, 0) is 6.42 Å². The molecule has 0 spiro atoms. The third-order valence-corrected chi connectivity index (χ3v) is 8.77. The van der Waals surface area contributed by atoms with Gasteiger partial charge in [0, 0.05) is 22.1 Å². The highest BCUT2D eigenvalue weighted by Gasteiger charge is 2.20. The average molecular weight is 587 g/mol. The van der Waals surface area contributed by atoms with Crippen LogP contribution in [0.2, 0.25) is 0 Å². The van der Waals surface area contributed by atoms with Gasteiger partial charge in [0.05, 0.1) is 34.5 Å². The molecule has 8 rings (SSSR count). The fraction of sp³-hybridized carbons (Fsp3) is 0.0476. The van der Waals surface area contributed by atoms with Crippen molar-refractivity contribution in [2.45, 2.75) is 12.8 Å². The number of allylic oxidation sites excluding steroid dienone is 1. The van der Waals surface area contributed by atoms with Crippen LogP contribution in [0.25, 0.3) is 72.7 Å². The van der Waals surface area contributed by atoms with E-state index in [1.165, 1.54) is 16.7 Å². The summed E-state index contributed by atoms with van der Waals surface area (Å²) in [7, 11) is 0. The minimum Gasteiger partial charge on any atom is -0.227 e. The van der Waals surface area contributed by atoms with E-state index in [0.717, 1.165) is 68.0 Å². The first kappa shape index (κ1) is 27.2. The third-order valence-electron chi connectivity index (χ3n) is 8.77. The van der Waals surface area contributed by atoms with Gasteiger partial charge in [-0.3, -0.25) is 0 Å². The second-order valence-electron chi connectivity index (χ2n) is 11.5. The van der Waals surface area contributed by atoms with E-state index in [2.05, 4.69) is 97.1 Å². The molecule has 1 aliphatic carbocycles. The molecule has 1 aromatic heterocycles. The van der Waals surface area contributed by atoms with Crippen molar-refractivity contribution in [2.24, 2.45) is 0 Å². The molecule has 1 aliphatic rings. The highest BCUT2D eigenvalue weighted by atomic mass is 14.9. The molecule has 7 aromatic rings. The predicted octanol–water partition coefficient (Wildman–Crippen LogP) is 10.2. The molecule has 0 fully saturated rings. The van der Waals surface area contributed by atoms with Gasteiger partial charge in [-0.1, -0.05) is 97.1 Å². The summed E-state index contributed by atoms with van der Waals surface area (Å²) in [6.07, 6.45) is 6.55. The van der Waals surface area contributed by atoms with Crippen molar-refractivity contribution < 1.29 is 0 Å². The van der Waals surface area contributed by atoms with E-state index in [1.807, 2.05) is 36.4 Å². The first-order valence-electron chi connectivity index (χ1n) is 15.3. The van der Waals surface area contributed by atoms with Crippen molar-refractivity contribution in [1.29, 1.82) is 10.5 Å². The van der Waals surface area contributed by atoms with E-state index in [4.69, 9.17) is 9.97 Å². The maximum atomic E-state index is 9.79. The van der Waals surface area contributed by atoms with Gasteiger partial charge < -0.3 is 0 Å². The molecule has 0 atom stereocenters. The first-order valence-corrected chi connectivity index (χ1v) is 15.3. The molecule has 214 valence electrons. The second-order valence-corrected chi connectivity index (χ2v) is 11.5. The Kier molecular flexibility index (Phi) is 6.68. The van der Waals surface area contributed by atoms with Crippen LogP contribution >= 0.6 is 0 Å². The molecular weight excluding hydrogens is 560 g/mol. The first-order chi connectivity index (χ1) is 22.7. The Bertz CT molecular complexity index is 2450. The molecule has 6 aromatic carbocycles. The van der Waals surface area contributed by atoms with Gasteiger partial charge in [0.1, 0.15) is 0 Å². The minimum atomic E-state index is 0.524. The number of rotatable bonds is 4. The highest BCUT2D eigenvalue weighted by Crippen LogP contribution is 2.42. The summed E-state index contributed by atoms with van der Waals surface area (Å²) in [5, 5.41) is 22.6. The quantitative estimate of drug-likeness (QED) is 0.206. The lowest BCUT2D eigenvalue weighted by Gasteiger charge is -2.19. The number of benzene rings is 6. The predicted molar refractivity (Wildman–Crippen MR) is 186 cm³/mol. The fourth-order valence-corrected chi connectivity index (χ4v) is 6.59. The molecule has 0 unspecified atom stereocenters. The standard InChI is InChI=1S/C42H26N4/c43-25-27-9-5-15-31(21-27)40-39-24-33(36-19-7-13-29-11-1-3-17-34(29)36)23-38(37-20-8-14-30-12-2-4-18-35(30)37)41(39)46-42(45-40)32-16-6-10-28(22-32)26-44/h2-10,12-24H,1,11H2. The maximum absolute atomic E-state index is 9.79. The Hall–Kier alpha value is -6.36. The van der Waals surface area contributed by atoms with Gasteiger partial charge in [-0.05, 0) is 87.8 Å². The number of fused-ring (bicyclic) bond motifs is 3. The van der Waals surface area contributed by atoms with Gasteiger partial charge >= 0.3 is 0 Å². The van der Waals surface area contributed by atoms with E-state index in [0.29, 0.717) is 17.0 Å². The topological polar surface area (TPSA) is 73.4 Å². The second kappa shape index (κ2) is 11.3.